The summed E-state index contributed by atoms with van der Waals surface area (Å²) in [5.74, 6) is 0.115. The zero-order chi connectivity index (χ0) is 14.7. The Balaban J connectivity index is 1.94. The lowest BCUT2D eigenvalue weighted by Gasteiger charge is -2.12. The SMILES string of the molecule is CCc1cccc2cc(C(CO)Cc3ccccc3)[nH]c12. The maximum Gasteiger partial charge on any atom is 0.0517 e. The van der Waals surface area contributed by atoms with E-state index in [0.717, 1.165) is 18.5 Å². The normalized spacial score (nSPS) is 12.7. The van der Waals surface area contributed by atoms with Crippen molar-refractivity contribution in [3.05, 3.63) is 71.4 Å². The highest BCUT2D eigenvalue weighted by Crippen LogP contribution is 2.26. The first-order valence-electron chi connectivity index (χ1n) is 7.57. The summed E-state index contributed by atoms with van der Waals surface area (Å²) in [6.45, 7) is 2.33. The van der Waals surface area contributed by atoms with Gasteiger partial charge in [0.05, 0.1) is 6.61 Å². The summed E-state index contributed by atoms with van der Waals surface area (Å²) >= 11 is 0. The number of H-pyrrole nitrogens is 1. The third-order valence-corrected chi connectivity index (χ3v) is 4.13. The molecule has 2 N–H and O–H groups in total. The molecule has 0 aliphatic heterocycles. The van der Waals surface area contributed by atoms with Gasteiger partial charge in [-0.25, -0.2) is 0 Å². The van der Waals surface area contributed by atoms with Gasteiger partial charge < -0.3 is 10.1 Å². The lowest BCUT2D eigenvalue weighted by atomic mass is 9.97. The van der Waals surface area contributed by atoms with E-state index in [4.69, 9.17) is 0 Å². The standard InChI is InChI=1S/C19H21NO/c1-2-15-9-6-10-16-12-18(20-19(15)16)17(13-21)11-14-7-4-3-5-8-14/h3-10,12,17,20-21H,2,11,13H2,1H3. The molecular formula is C19H21NO. The fourth-order valence-electron chi connectivity index (χ4n) is 2.93. The molecule has 108 valence electrons. The minimum absolute atomic E-state index is 0.115. The Labute approximate surface area is 125 Å². The first-order valence-corrected chi connectivity index (χ1v) is 7.57. The molecule has 1 unspecified atom stereocenters. The van der Waals surface area contributed by atoms with E-state index >= 15 is 0 Å². The Morgan fingerprint density at radius 2 is 1.86 bits per heavy atom. The van der Waals surface area contributed by atoms with Crippen molar-refractivity contribution < 1.29 is 5.11 Å². The summed E-state index contributed by atoms with van der Waals surface area (Å²) in [7, 11) is 0. The Morgan fingerprint density at radius 1 is 1.05 bits per heavy atom. The number of aliphatic hydroxyl groups excluding tert-OH is 1. The van der Waals surface area contributed by atoms with Crippen molar-refractivity contribution in [2.75, 3.05) is 6.61 Å². The molecule has 0 spiro atoms. The van der Waals surface area contributed by atoms with Crippen LogP contribution >= 0.6 is 0 Å². The average Bonchev–Trinajstić information content (AvgIpc) is 2.97. The third-order valence-electron chi connectivity index (χ3n) is 4.13. The molecule has 1 atom stereocenters. The lowest BCUT2D eigenvalue weighted by molar-refractivity contribution is 0.262. The first kappa shape index (κ1) is 13.9. The Bertz CT molecular complexity index is 715. The molecule has 1 heterocycles. The highest BCUT2D eigenvalue weighted by atomic mass is 16.3. The van der Waals surface area contributed by atoms with Crippen LogP contribution in [0.25, 0.3) is 10.9 Å². The minimum atomic E-state index is 0.115. The Hall–Kier alpha value is -2.06. The Morgan fingerprint density at radius 3 is 2.57 bits per heavy atom. The van der Waals surface area contributed by atoms with Crippen molar-refractivity contribution in [1.82, 2.24) is 4.98 Å². The number of rotatable bonds is 5. The van der Waals surface area contributed by atoms with Gasteiger partial charge >= 0.3 is 0 Å². The third kappa shape index (κ3) is 2.86. The number of benzene rings is 2. The molecule has 21 heavy (non-hydrogen) atoms. The van der Waals surface area contributed by atoms with Gasteiger partial charge in [-0.2, -0.15) is 0 Å². The molecular weight excluding hydrogens is 258 g/mol. The maximum absolute atomic E-state index is 9.77. The molecule has 3 aromatic rings. The van der Waals surface area contributed by atoms with E-state index in [2.05, 4.69) is 48.3 Å². The van der Waals surface area contributed by atoms with Crippen LogP contribution in [0.15, 0.2) is 54.6 Å². The van der Waals surface area contributed by atoms with E-state index in [9.17, 15) is 5.11 Å². The molecule has 2 nitrogen and oxygen atoms in total. The molecule has 0 fully saturated rings. The van der Waals surface area contributed by atoms with Crippen LogP contribution in [0, 0.1) is 0 Å². The molecule has 0 aliphatic rings. The number of aromatic nitrogens is 1. The zero-order valence-corrected chi connectivity index (χ0v) is 12.3. The number of hydrogen-bond donors (Lipinski definition) is 2. The van der Waals surface area contributed by atoms with Crippen LogP contribution in [0.3, 0.4) is 0 Å². The van der Waals surface area contributed by atoms with E-state index in [0.29, 0.717) is 0 Å². The lowest BCUT2D eigenvalue weighted by Crippen LogP contribution is -2.08. The van der Waals surface area contributed by atoms with Gasteiger partial charge in [-0.15, -0.1) is 0 Å². The van der Waals surface area contributed by atoms with E-state index in [1.807, 2.05) is 18.2 Å². The molecule has 3 rings (SSSR count). The van der Waals surface area contributed by atoms with E-state index in [1.54, 1.807) is 0 Å². The number of aryl methyl sites for hydroxylation is 1. The van der Waals surface area contributed by atoms with E-state index in [1.165, 1.54) is 22.0 Å². The van der Waals surface area contributed by atoms with E-state index in [-0.39, 0.29) is 12.5 Å². The first-order chi connectivity index (χ1) is 10.3. The highest BCUT2D eigenvalue weighted by Gasteiger charge is 2.15. The number of aromatic amines is 1. The van der Waals surface area contributed by atoms with Crippen LogP contribution in [0.4, 0.5) is 0 Å². The molecule has 0 aliphatic carbocycles. The van der Waals surface area contributed by atoms with Crippen molar-refractivity contribution in [3.63, 3.8) is 0 Å². The number of hydrogen-bond acceptors (Lipinski definition) is 1. The van der Waals surface area contributed by atoms with E-state index < -0.39 is 0 Å². The maximum atomic E-state index is 9.77. The van der Waals surface area contributed by atoms with Crippen molar-refractivity contribution in [3.8, 4) is 0 Å². The zero-order valence-electron chi connectivity index (χ0n) is 12.3. The Kier molecular flexibility index (Phi) is 4.07. The van der Waals surface area contributed by atoms with Gasteiger partial charge in [-0.05, 0) is 35.4 Å². The number of aliphatic hydroxyl groups is 1. The molecule has 2 heteroatoms. The van der Waals surface area contributed by atoms with Crippen LogP contribution in [0.2, 0.25) is 0 Å². The second kappa shape index (κ2) is 6.15. The summed E-state index contributed by atoms with van der Waals surface area (Å²) in [5, 5.41) is 11.0. The minimum Gasteiger partial charge on any atom is -0.396 e. The van der Waals surface area contributed by atoms with Gasteiger partial charge in [-0.1, -0.05) is 55.5 Å². The molecule has 0 saturated carbocycles. The number of para-hydroxylation sites is 1. The van der Waals surface area contributed by atoms with Crippen LogP contribution in [-0.4, -0.2) is 16.7 Å². The summed E-state index contributed by atoms with van der Waals surface area (Å²) in [6.07, 6.45) is 1.87. The van der Waals surface area contributed by atoms with Gasteiger partial charge in [0.15, 0.2) is 0 Å². The monoisotopic (exact) mass is 279 g/mol. The molecule has 0 saturated heterocycles. The van der Waals surface area contributed by atoms with Crippen molar-refractivity contribution >= 4 is 10.9 Å². The largest absolute Gasteiger partial charge is 0.396 e. The second-order valence-corrected chi connectivity index (χ2v) is 5.53. The summed E-state index contributed by atoms with van der Waals surface area (Å²) in [6, 6.07) is 18.9. The van der Waals surface area contributed by atoms with Gasteiger partial charge in [0.2, 0.25) is 0 Å². The van der Waals surface area contributed by atoms with Gasteiger partial charge in [0.1, 0.15) is 0 Å². The molecule has 1 aromatic heterocycles. The summed E-state index contributed by atoms with van der Waals surface area (Å²) in [4.78, 5) is 3.53. The summed E-state index contributed by atoms with van der Waals surface area (Å²) < 4.78 is 0. The quantitative estimate of drug-likeness (QED) is 0.726. The molecule has 0 radical (unpaired) electrons. The topological polar surface area (TPSA) is 36.0 Å². The number of fused-ring (bicyclic) bond motifs is 1. The smallest absolute Gasteiger partial charge is 0.0517 e. The highest BCUT2D eigenvalue weighted by molar-refractivity contribution is 5.83. The van der Waals surface area contributed by atoms with Crippen LogP contribution in [0.5, 0.6) is 0 Å². The van der Waals surface area contributed by atoms with Gasteiger partial charge in [0, 0.05) is 17.1 Å². The number of nitrogens with one attached hydrogen (secondary N) is 1. The van der Waals surface area contributed by atoms with Crippen LogP contribution in [0.1, 0.15) is 29.7 Å². The van der Waals surface area contributed by atoms with Crippen molar-refractivity contribution in [2.45, 2.75) is 25.7 Å². The second-order valence-electron chi connectivity index (χ2n) is 5.53. The summed E-state index contributed by atoms with van der Waals surface area (Å²) in [5.41, 5.74) is 4.92. The molecule has 2 aromatic carbocycles. The molecule has 0 bridgehead atoms. The van der Waals surface area contributed by atoms with Crippen molar-refractivity contribution in [2.24, 2.45) is 0 Å². The predicted octanol–water partition coefficient (Wildman–Crippen LogP) is 4.05. The van der Waals surface area contributed by atoms with Gasteiger partial charge in [0.25, 0.3) is 0 Å². The molecule has 0 amide bonds. The van der Waals surface area contributed by atoms with Crippen LogP contribution < -0.4 is 0 Å². The van der Waals surface area contributed by atoms with Crippen molar-refractivity contribution in [1.29, 1.82) is 0 Å². The fraction of sp³-hybridized carbons (Fsp3) is 0.263. The predicted molar refractivity (Wildman–Crippen MR) is 87.6 cm³/mol. The van der Waals surface area contributed by atoms with Crippen LogP contribution in [-0.2, 0) is 12.8 Å². The average molecular weight is 279 g/mol. The fourth-order valence-corrected chi connectivity index (χ4v) is 2.93. The van der Waals surface area contributed by atoms with Gasteiger partial charge in [-0.3, -0.25) is 0 Å².